The van der Waals surface area contributed by atoms with E-state index in [1.54, 1.807) is 13.2 Å². The summed E-state index contributed by atoms with van der Waals surface area (Å²) in [5.74, 6) is 1.45. The van der Waals surface area contributed by atoms with Crippen LogP contribution in [0.1, 0.15) is 85.0 Å². The van der Waals surface area contributed by atoms with E-state index in [0.717, 1.165) is 63.4 Å². The van der Waals surface area contributed by atoms with E-state index in [-0.39, 0.29) is 47.3 Å². The summed E-state index contributed by atoms with van der Waals surface area (Å²) in [6.07, 6.45) is 10.2. The fourth-order valence-corrected chi connectivity index (χ4v) is 10.0. The number of carbonyl (C=O) groups excluding carboxylic acids is 1. The molecule has 2 N–H and O–H groups in total. The zero-order valence-electron chi connectivity index (χ0n) is 23.0. The summed E-state index contributed by atoms with van der Waals surface area (Å²) in [4.78, 5) is 11.8. The molecule has 4 aliphatic carbocycles. The van der Waals surface area contributed by atoms with E-state index in [0.29, 0.717) is 30.8 Å². The predicted molar refractivity (Wildman–Crippen MR) is 136 cm³/mol. The Kier molecular flexibility index (Phi) is 6.59. The molecule has 0 spiro atoms. The summed E-state index contributed by atoms with van der Waals surface area (Å²) in [6.45, 7) is 7.07. The van der Waals surface area contributed by atoms with Crippen molar-refractivity contribution in [2.75, 3.05) is 13.7 Å². The first-order chi connectivity index (χ1) is 17.6. The van der Waals surface area contributed by atoms with Gasteiger partial charge in [0.05, 0.1) is 23.9 Å². The maximum atomic E-state index is 12.4. The van der Waals surface area contributed by atoms with Crippen LogP contribution in [0.4, 0.5) is 0 Å². The molecule has 0 unspecified atom stereocenters. The van der Waals surface area contributed by atoms with Crippen LogP contribution in [0.2, 0.25) is 0 Å². The number of rotatable bonds is 4. The third-order valence-electron chi connectivity index (χ3n) is 12.2. The van der Waals surface area contributed by atoms with E-state index in [9.17, 15) is 15.0 Å². The van der Waals surface area contributed by atoms with E-state index < -0.39 is 11.7 Å². The summed E-state index contributed by atoms with van der Waals surface area (Å²) in [5.41, 5.74) is 0.461. The molecule has 0 amide bonds. The summed E-state index contributed by atoms with van der Waals surface area (Å²) in [6, 6.07) is 0. The van der Waals surface area contributed by atoms with Crippen LogP contribution < -0.4 is 0 Å². The average molecular weight is 519 g/mol. The van der Waals surface area contributed by atoms with E-state index in [2.05, 4.69) is 13.8 Å². The fourth-order valence-electron chi connectivity index (χ4n) is 10.0. The number of hydrogen-bond acceptors (Lipinski definition) is 7. The third kappa shape index (κ3) is 3.97. The number of cyclic esters (lactones) is 1. The van der Waals surface area contributed by atoms with Crippen molar-refractivity contribution in [1.29, 1.82) is 0 Å². The van der Waals surface area contributed by atoms with Crippen LogP contribution in [0.3, 0.4) is 0 Å². The van der Waals surface area contributed by atoms with Gasteiger partial charge in [-0.3, -0.25) is 0 Å². The Labute approximate surface area is 221 Å². The molecule has 6 aliphatic rings. The maximum absolute atomic E-state index is 12.4. The molecule has 1 saturated heterocycles. The highest BCUT2D eigenvalue weighted by Gasteiger charge is 2.67. The lowest BCUT2D eigenvalue weighted by atomic mass is 9.43. The summed E-state index contributed by atoms with van der Waals surface area (Å²) < 4.78 is 23.2. The van der Waals surface area contributed by atoms with E-state index >= 15 is 0 Å². The van der Waals surface area contributed by atoms with Gasteiger partial charge in [0.2, 0.25) is 0 Å². The number of ether oxygens (including phenoxy) is 4. The summed E-state index contributed by atoms with van der Waals surface area (Å²) in [5, 5.41) is 22.7. The van der Waals surface area contributed by atoms with Crippen LogP contribution in [0.15, 0.2) is 11.6 Å². The molecular formula is C30H46O7. The Morgan fingerprint density at radius 1 is 1.03 bits per heavy atom. The van der Waals surface area contributed by atoms with Gasteiger partial charge < -0.3 is 29.2 Å². The molecule has 5 fully saturated rings. The second-order valence-corrected chi connectivity index (χ2v) is 13.6. The third-order valence-corrected chi connectivity index (χ3v) is 12.2. The Morgan fingerprint density at radius 3 is 2.57 bits per heavy atom. The van der Waals surface area contributed by atoms with Gasteiger partial charge in [-0.15, -0.1) is 0 Å². The minimum Gasteiger partial charge on any atom is -0.458 e. The summed E-state index contributed by atoms with van der Waals surface area (Å²) in [7, 11) is 1.64. The molecule has 0 bridgehead atoms. The van der Waals surface area contributed by atoms with Gasteiger partial charge in [0.15, 0.2) is 6.29 Å². The molecule has 208 valence electrons. The monoisotopic (exact) mass is 518 g/mol. The number of methoxy groups -OCH3 is 1. The molecule has 6 rings (SSSR count). The fraction of sp³-hybridized carbons (Fsp3) is 0.900. The van der Waals surface area contributed by atoms with E-state index in [1.165, 1.54) is 0 Å². The molecule has 0 aromatic rings. The highest BCUT2D eigenvalue weighted by molar-refractivity contribution is 5.85. The molecule has 37 heavy (non-hydrogen) atoms. The first kappa shape index (κ1) is 26.2. The van der Waals surface area contributed by atoms with Gasteiger partial charge in [0, 0.05) is 25.0 Å². The molecule has 7 heteroatoms. The van der Waals surface area contributed by atoms with Gasteiger partial charge in [-0.05, 0) is 99.4 Å². The number of hydrogen-bond donors (Lipinski definition) is 2. The molecular weight excluding hydrogens is 472 g/mol. The summed E-state index contributed by atoms with van der Waals surface area (Å²) >= 11 is 0. The van der Waals surface area contributed by atoms with Crippen LogP contribution in [0.5, 0.6) is 0 Å². The topological polar surface area (TPSA) is 94.5 Å². The van der Waals surface area contributed by atoms with Gasteiger partial charge in [0.25, 0.3) is 0 Å². The molecule has 0 aromatic carbocycles. The second-order valence-electron chi connectivity index (χ2n) is 13.6. The van der Waals surface area contributed by atoms with E-state index in [1.807, 2.05) is 6.92 Å². The lowest BCUT2D eigenvalue weighted by Gasteiger charge is -2.64. The van der Waals surface area contributed by atoms with Crippen LogP contribution >= 0.6 is 0 Å². The number of aliphatic hydroxyl groups excluding tert-OH is 1. The average Bonchev–Trinajstić information content (AvgIpc) is 3.41. The van der Waals surface area contributed by atoms with Crippen LogP contribution in [-0.2, 0) is 23.7 Å². The van der Waals surface area contributed by atoms with Gasteiger partial charge in [0.1, 0.15) is 12.7 Å². The highest BCUT2D eigenvalue weighted by Crippen LogP contribution is 2.70. The minimum atomic E-state index is -0.670. The van der Waals surface area contributed by atoms with Crippen molar-refractivity contribution in [3.63, 3.8) is 0 Å². The molecule has 4 saturated carbocycles. The lowest BCUT2D eigenvalue weighted by molar-refractivity contribution is -0.273. The minimum absolute atomic E-state index is 0.166. The van der Waals surface area contributed by atoms with Crippen molar-refractivity contribution >= 4 is 5.97 Å². The first-order valence-corrected chi connectivity index (χ1v) is 14.7. The lowest BCUT2D eigenvalue weighted by Crippen LogP contribution is -2.62. The van der Waals surface area contributed by atoms with Crippen molar-refractivity contribution in [2.24, 2.45) is 34.5 Å². The second kappa shape index (κ2) is 9.29. The van der Waals surface area contributed by atoms with Crippen molar-refractivity contribution in [2.45, 2.75) is 121 Å². The largest absolute Gasteiger partial charge is 0.458 e. The normalized spacial score (nSPS) is 53.6. The standard InChI is InChI=1S/C30H46O7/c1-17-27(32)24(34-4)15-26(36-17)37-20-7-10-28(2)19(14-20)5-6-23-22(28)8-11-29(3)21(9-12-30(23,29)33)18-13-25(31)35-16-18/h13,17,19-24,26-27,32-33H,5-12,14-16H2,1-4H3/t17-,19+,20+,21+,22+,23-,24+,26+,27+,28+,29-,30+/m1/s1. The zero-order valence-corrected chi connectivity index (χ0v) is 23.0. The van der Waals surface area contributed by atoms with Crippen LogP contribution in [0.25, 0.3) is 0 Å². The van der Waals surface area contributed by atoms with Crippen molar-refractivity contribution < 1.29 is 34.0 Å². The number of aliphatic hydroxyl groups is 2. The van der Waals surface area contributed by atoms with Crippen LogP contribution in [-0.4, -0.2) is 66.2 Å². The van der Waals surface area contributed by atoms with Crippen LogP contribution in [0, 0.1) is 34.5 Å². The van der Waals surface area contributed by atoms with Crippen molar-refractivity contribution in [3.05, 3.63) is 11.6 Å². The smallest absolute Gasteiger partial charge is 0.331 e. The highest BCUT2D eigenvalue weighted by atomic mass is 16.7. The Balaban J connectivity index is 1.15. The van der Waals surface area contributed by atoms with Gasteiger partial charge in [-0.2, -0.15) is 0 Å². The number of esters is 1. The molecule has 7 nitrogen and oxygen atoms in total. The Bertz CT molecular complexity index is 935. The first-order valence-electron chi connectivity index (χ1n) is 14.7. The number of fused-ring (bicyclic) bond motifs is 5. The Hall–Kier alpha value is -0.990. The molecule has 2 aliphatic heterocycles. The SMILES string of the molecule is CO[C@H]1C[C@H](O[C@H]2CC[C@@]3(C)[C@@H](CC[C@@H]4[C@@H]3CC[C@]3(C)[C@H](C5=CC(=O)OC5)CC[C@]43O)C2)O[C@H](C)[C@@H]1O. The molecule has 12 atom stereocenters. The molecule has 2 heterocycles. The molecule has 0 aromatic heterocycles. The van der Waals surface area contributed by atoms with Gasteiger partial charge in [-0.25, -0.2) is 4.79 Å². The van der Waals surface area contributed by atoms with Gasteiger partial charge in [-0.1, -0.05) is 13.8 Å². The molecule has 0 radical (unpaired) electrons. The predicted octanol–water partition coefficient (Wildman–Crippen LogP) is 4.14. The van der Waals surface area contributed by atoms with Crippen molar-refractivity contribution in [3.8, 4) is 0 Å². The van der Waals surface area contributed by atoms with E-state index in [4.69, 9.17) is 18.9 Å². The number of carbonyl (C=O) groups is 1. The maximum Gasteiger partial charge on any atom is 0.331 e. The van der Waals surface area contributed by atoms with Crippen molar-refractivity contribution in [1.82, 2.24) is 0 Å². The quantitative estimate of drug-likeness (QED) is 0.427. The Morgan fingerprint density at radius 2 is 1.84 bits per heavy atom. The van der Waals surface area contributed by atoms with Gasteiger partial charge >= 0.3 is 5.97 Å². The zero-order chi connectivity index (χ0) is 26.2.